The number of nitrogens with one attached hydrogen (secondary N) is 2. The van der Waals surface area contributed by atoms with Gasteiger partial charge in [-0.05, 0) is 36.4 Å². The number of amides is 2. The molecule has 2 N–H and O–H groups in total. The monoisotopic (exact) mass is 390 g/mol. The highest BCUT2D eigenvalue weighted by Gasteiger charge is 2.18. The minimum atomic E-state index is -0.985. The van der Waals surface area contributed by atoms with Crippen LogP contribution in [0.1, 0.15) is 21.0 Å². The van der Waals surface area contributed by atoms with Crippen LogP contribution in [0.3, 0.4) is 0 Å². The molecule has 28 heavy (non-hydrogen) atoms. The van der Waals surface area contributed by atoms with Gasteiger partial charge in [-0.3, -0.25) is 9.59 Å². The first-order chi connectivity index (χ1) is 13.5. The van der Waals surface area contributed by atoms with E-state index >= 15 is 0 Å². The Morgan fingerprint density at radius 2 is 1.50 bits per heavy atom. The van der Waals surface area contributed by atoms with Crippen LogP contribution < -0.4 is 10.6 Å². The minimum Gasteiger partial charge on any atom is -0.350 e. The highest BCUT2D eigenvalue weighted by molar-refractivity contribution is 5.94. The van der Waals surface area contributed by atoms with Crippen LogP contribution in [-0.4, -0.2) is 35.0 Å². The summed E-state index contributed by atoms with van der Waals surface area (Å²) in [7, 11) is 0. The molecule has 0 aliphatic carbocycles. The van der Waals surface area contributed by atoms with Crippen LogP contribution >= 0.6 is 0 Å². The molecule has 0 fully saturated rings. The van der Waals surface area contributed by atoms with Gasteiger partial charge in [-0.2, -0.15) is 4.98 Å². The molecule has 7 nitrogen and oxygen atoms in total. The quantitative estimate of drug-likeness (QED) is 0.630. The third-order valence-electron chi connectivity index (χ3n) is 3.61. The van der Waals surface area contributed by atoms with Crippen LogP contribution in [0, 0.1) is 17.5 Å². The number of benzene rings is 2. The Bertz CT molecular complexity index is 985. The van der Waals surface area contributed by atoms with Gasteiger partial charge in [-0.25, -0.2) is 13.2 Å². The molecule has 0 spiro atoms. The van der Waals surface area contributed by atoms with Gasteiger partial charge >= 0.3 is 11.8 Å². The topological polar surface area (TPSA) is 97.1 Å². The lowest BCUT2D eigenvalue weighted by Crippen LogP contribution is -2.35. The van der Waals surface area contributed by atoms with Crippen molar-refractivity contribution in [3.05, 3.63) is 71.4 Å². The number of carbonyl (C=O) groups excluding carboxylic acids is 2. The van der Waals surface area contributed by atoms with E-state index in [4.69, 9.17) is 4.52 Å². The Labute approximate surface area is 156 Å². The van der Waals surface area contributed by atoms with Gasteiger partial charge < -0.3 is 15.2 Å². The average molecular weight is 390 g/mol. The molecule has 0 bridgehead atoms. The van der Waals surface area contributed by atoms with Crippen molar-refractivity contribution in [2.24, 2.45) is 0 Å². The predicted octanol–water partition coefficient (Wildman–Crippen LogP) is 2.31. The lowest BCUT2D eigenvalue weighted by Gasteiger charge is -2.07. The first-order valence-electron chi connectivity index (χ1n) is 8.06. The van der Waals surface area contributed by atoms with Crippen molar-refractivity contribution in [2.45, 2.75) is 0 Å². The Morgan fingerprint density at radius 3 is 2.14 bits per heavy atom. The van der Waals surface area contributed by atoms with Gasteiger partial charge in [-0.15, -0.1) is 0 Å². The van der Waals surface area contributed by atoms with Crippen LogP contribution in [0.4, 0.5) is 13.2 Å². The van der Waals surface area contributed by atoms with Gasteiger partial charge in [0.05, 0.1) is 0 Å². The first kappa shape index (κ1) is 19.1. The molecule has 0 aliphatic rings. The third kappa shape index (κ3) is 4.34. The second kappa shape index (κ2) is 8.33. The van der Waals surface area contributed by atoms with Gasteiger partial charge in [-0.1, -0.05) is 11.2 Å². The van der Waals surface area contributed by atoms with E-state index < -0.39 is 34.8 Å². The van der Waals surface area contributed by atoms with Crippen molar-refractivity contribution < 1.29 is 27.3 Å². The molecule has 1 aromatic heterocycles. The molecule has 2 amide bonds. The van der Waals surface area contributed by atoms with E-state index in [1.165, 1.54) is 24.3 Å². The number of halogens is 3. The van der Waals surface area contributed by atoms with E-state index in [0.29, 0.717) is 5.56 Å². The van der Waals surface area contributed by atoms with Gasteiger partial charge in [0.2, 0.25) is 5.82 Å². The Hall–Kier alpha value is -3.69. The highest BCUT2D eigenvalue weighted by Crippen LogP contribution is 2.16. The average Bonchev–Trinajstić information content (AvgIpc) is 3.16. The number of carbonyl (C=O) groups is 2. The lowest BCUT2D eigenvalue weighted by molar-refractivity contribution is 0.0896. The molecular weight excluding hydrogens is 377 g/mol. The normalized spacial score (nSPS) is 10.5. The second-order valence-corrected chi connectivity index (χ2v) is 5.54. The van der Waals surface area contributed by atoms with E-state index in [-0.39, 0.29) is 24.8 Å². The summed E-state index contributed by atoms with van der Waals surface area (Å²) >= 11 is 0. The van der Waals surface area contributed by atoms with Gasteiger partial charge in [0, 0.05) is 18.7 Å². The minimum absolute atomic E-state index is 0.0467. The maximum absolute atomic E-state index is 13.5. The van der Waals surface area contributed by atoms with Crippen molar-refractivity contribution in [1.29, 1.82) is 0 Å². The summed E-state index contributed by atoms with van der Waals surface area (Å²) in [6, 6.07) is 8.37. The van der Waals surface area contributed by atoms with E-state index in [0.717, 1.165) is 18.2 Å². The Kier molecular flexibility index (Phi) is 5.68. The number of hydrogen-bond acceptors (Lipinski definition) is 5. The number of nitrogens with zero attached hydrogens (tertiary/aromatic N) is 2. The molecule has 10 heteroatoms. The van der Waals surface area contributed by atoms with E-state index in [1.807, 2.05) is 0 Å². The Balaban J connectivity index is 1.51. The molecular formula is C18H13F3N4O3. The fraction of sp³-hybridized carbons (Fsp3) is 0.111. The molecule has 3 aromatic rings. The zero-order valence-electron chi connectivity index (χ0n) is 14.2. The summed E-state index contributed by atoms with van der Waals surface area (Å²) in [5.41, 5.74) is -0.238. The molecule has 3 rings (SSSR count). The van der Waals surface area contributed by atoms with Gasteiger partial charge in [0.1, 0.15) is 23.0 Å². The number of rotatable bonds is 6. The van der Waals surface area contributed by atoms with Gasteiger partial charge in [0.25, 0.3) is 5.91 Å². The van der Waals surface area contributed by atoms with Crippen LogP contribution in [-0.2, 0) is 0 Å². The molecule has 0 saturated carbocycles. The zero-order valence-corrected chi connectivity index (χ0v) is 14.2. The zero-order chi connectivity index (χ0) is 20.1. The molecule has 0 aliphatic heterocycles. The van der Waals surface area contributed by atoms with Gasteiger partial charge in [0.15, 0.2) is 0 Å². The molecule has 144 valence electrons. The fourth-order valence-corrected chi connectivity index (χ4v) is 2.26. The summed E-state index contributed by atoms with van der Waals surface area (Å²) in [5, 5.41) is 8.33. The summed E-state index contributed by atoms with van der Waals surface area (Å²) in [5.74, 6) is -4.27. The van der Waals surface area contributed by atoms with E-state index in [1.54, 1.807) is 0 Å². The van der Waals surface area contributed by atoms with E-state index in [9.17, 15) is 22.8 Å². The molecule has 0 atom stereocenters. The molecule has 2 aromatic carbocycles. The van der Waals surface area contributed by atoms with Crippen LogP contribution in [0.5, 0.6) is 0 Å². The Morgan fingerprint density at radius 1 is 0.893 bits per heavy atom. The first-order valence-corrected chi connectivity index (χ1v) is 8.06. The van der Waals surface area contributed by atoms with Crippen molar-refractivity contribution in [3.8, 4) is 11.4 Å². The molecule has 0 saturated heterocycles. The van der Waals surface area contributed by atoms with Crippen LogP contribution in [0.2, 0.25) is 0 Å². The third-order valence-corrected chi connectivity index (χ3v) is 3.61. The van der Waals surface area contributed by atoms with Crippen molar-refractivity contribution >= 4 is 11.8 Å². The predicted molar refractivity (Wildman–Crippen MR) is 90.7 cm³/mol. The summed E-state index contributed by atoms with van der Waals surface area (Å²) in [4.78, 5) is 27.7. The summed E-state index contributed by atoms with van der Waals surface area (Å²) in [6.45, 7) is -0.133. The number of hydrogen-bond donors (Lipinski definition) is 2. The fourth-order valence-electron chi connectivity index (χ4n) is 2.26. The smallest absolute Gasteiger partial charge is 0.316 e. The van der Waals surface area contributed by atoms with Crippen molar-refractivity contribution in [1.82, 2.24) is 20.8 Å². The van der Waals surface area contributed by atoms with Crippen molar-refractivity contribution in [3.63, 3.8) is 0 Å². The largest absolute Gasteiger partial charge is 0.350 e. The summed E-state index contributed by atoms with van der Waals surface area (Å²) in [6.07, 6.45) is 0. The SMILES string of the molecule is O=C(NCCNC(=O)c1c(F)cccc1F)c1nc(-c2ccc(F)cc2)no1. The highest BCUT2D eigenvalue weighted by atomic mass is 19.1. The lowest BCUT2D eigenvalue weighted by atomic mass is 10.2. The summed E-state index contributed by atoms with van der Waals surface area (Å²) < 4.78 is 44.8. The van der Waals surface area contributed by atoms with Crippen LogP contribution in [0.15, 0.2) is 47.0 Å². The molecule has 1 heterocycles. The van der Waals surface area contributed by atoms with Crippen molar-refractivity contribution in [2.75, 3.05) is 13.1 Å². The standard InChI is InChI=1S/C18H13F3N4O3/c19-11-6-4-10(5-7-11)15-24-18(28-25-15)17(27)23-9-8-22-16(26)14-12(20)2-1-3-13(14)21/h1-7H,8-9H2,(H,22,26)(H,23,27). The number of aromatic nitrogens is 2. The maximum atomic E-state index is 13.5. The van der Waals surface area contributed by atoms with E-state index in [2.05, 4.69) is 20.8 Å². The molecule has 0 radical (unpaired) electrons. The molecule has 0 unspecified atom stereocenters. The second-order valence-electron chi connectivity index (χ2n) is 5.54. The van der Waals surface area contributed by atoms with Crippen LogP contribution in [0.25, 0.3) is 11.4 Å². The maximum Gasteiger partial charge on any atom is 0.316 e.